The lowest BCUT2D eigenvalue weighted by atomic mass is 10.1. The molecule has 106 valence electrons. The third-order valence-corrected chi connectivity index (χ3v) is 4.13. The highest BCUT2D eigenvalue weighted by Crippen LogP contribution is 2.19. The van der Waals surface area contributed by atoms with Gasteiger partial charge in [-0.2, -0.15) is 4.89 Å². The highest BCUT2D eigenvalue weighted by atomic mass is 79.9. The number of rotatable bonds is 8. The van der Waals surface area contributed by atoms with Gasteiger partial charge in [0.25, 0.3) is 0 Å². The van der Waals surface area contributed by atoms with Crippen molar-refractivity contribution in [3.05, 3.63) is 35.9 Å². The van der Waals surface area contributed by atoms with Crippen molar-refractivity contribution in [2.24, 2.45) is 0 Å². The molecular weight excluding hydrogens is 308 g/mol. The van der Waals surface area contributed by atoms with Gasteiger partial charge in [-0.05, 0) is 25.0 Å². The first kappa shape index (κ1) is 16.2. The third-order valence-electron chi connectivity index (χ3n) is 2.89. The zero-order valence-electron chi connectivity index (χ0n) is 11.5. The van der Waals surface area contributed by atoms with Crippen LogP contribution in [0, 0.1) is 0 Å². The van der Waals surface area contributed by atoms with Gasteiger partial charge in [0, 0.05) is 4.83 Å². The largest absolute Gasteiger partial charge is 0.373 e. The second-order valence-electron chi connectivity index (χ2n) is 4.44. The van der Waals surface area contributed by atoms with E-state index in [-0.39, 0.29) is 10.9 Å². The number of alkyl halides is 1. The molecule has 0 aliphatic carbocycles. The van der Waals surface area contributed by atoms with Crippen LogP contribution >= 0.6 is 15.9 Å². The van der Waals surface area contributed by atoms with E-state index in [2.05, 4.69) is 29.8 Å². The molecule has 4 heteroatoms. The fourth-order valence-electron chi connectivity index (χ4n) is 1.69. The first-order valence-electron chi connectivity index (χ1n) is 6.75. The van der Waals surface area contributed by atoms with Gasteiger partial charge in [0.1, 0.15) is 6.10 Å². The van der Waals surface area contributed by atoms with E-state index in [0.29, 0.717) is 5.56 Å². The molecule has 1 rings (SSSR count). The van der Waals surface area contributed by atoms with Crippen LogP contribution in [-0.4, -0.2) is 16.9 Å². The van der Waals surface area contributed by atoms with E-state index in [4.69, 9.17) is 9.78 Å². The highest BCUT2D eigenvalue weighted by Gasteiger charge is 2.21. The second-order valence-corrected chi connectivity index (χ2v) is 5.61. The van der Waals surface area contributed by atoms with Gasteiger partial charge in [0.15, 0.2) is 0 Å². The molecule has 19 heavy (non-hydrogen) atoms. The van der Waals surface area contributed by atoms with Gasteiger partial charge in [-0.1, -0.05) is 60.8 Å². The summed E-state index contributed by atoms with van der Waals surface area (Å²) in [6, 6.07) is 8.86. The van der Waals surface area contributed by atoms with Gasteiger partial charge in [0.2, 0.25) is 0 Å². The molecule has 3 nitrogen and oxygen atoms in total. The van der Waals surface area contributed by atoms with Crippen LogP contribution in [0.1, 0.15) is 49.9 Å². The average Bonchev–Trinajstić information content (AvgIpc) is 2.47. The zero-order valence-corrected chi connectivity index (χ0v) is 13.1. The Kier molecular flexibility index (Phi) is 7.75. The summed E-state index contributed by atoms with van der Waals surface area (Å²) in [6.07, 6.45) is 3.85. The standard InChI is InChI=1S/C15H21BrO3/c1-3-5-11-14(13(16)4-2)18-19-15(17)12-9-7-6-8-10-12/h6-10,13-14H,3-5,11H2,1-2H3. The minimum absolute atomic E-state index is 0.0994. The smallest absolute Gasteiger partial charge is 0.293 e. The Morgan fingerprint density at radius 2 is 1.95 bits per heavy atom. The summed E-state index contributed by atoms with van der Waals surface area (Å²) < 4.78 is 0. The van der Waals surface area contributed by atoms with Crippen LogP contribution in [0.5, 0.6) is 0 Å². The lowest BCUT2D eigenvalue weighted by Gasteiger charge is -2.19. The summed E-state index contributed by atoms with van der Waals surface area (Å²) in [7, 11) is 0. The lowest BCUT2D eigenvalue weighted by molar-refractivity contribution is -0.275. The van der Waals surface area contributed by atoms with Crippen molar-refractivity contribution in [3.8, 4) is 0 Å². The highest BCUT2D eigenvalue weighted by molar-refractivity contribution is 9.09. The minimum atomic E-state index is -0.446. The van der Waals surface area contributed by atoms with Gasteiger partial charge >= 0.3 is 5.97 Å². The molecule has 0 saturated heterocycles. The van der Waals surface area contributed by atoms with Crippen LogP contribution in [0.4, 0.5) is 0 Å². The molecule has 0 bridgehead atoms. The second kappa shape index (κ2) is 9.10. The van der Waals surface area contributed by atoms with Crippen molar-refractivity contribution in [3.63, 3.8) is 0 Å². The Morgan fingerprint density at radius 3 is 2.53 bits per heavy atom. The van der Waals surface area contributed by atoms with Crippen LogP contribution in [0.15, 0.2) is 30.3 Å². The Hall–Kier alpha value is -0.870. The van der Waals surface area contributed by atoms with E-state index in [9.17, 15) is 4.79 Å². The van der Waals surface area contributed by atoms with Crippen molar-refractivity contribution in [2.75, 3.05) is 0 Å². The zero-order chi connectivity index (χ0) is 14.1. The van der Waals surface area contributed by atoms with Gasteiger partial charge in [0.05, 0.1) is 5.56 Å². The van der Waals surface area contributed by atoms with E-state index in [1.165, 1.54) is 0 Å². The number of benzene rings is 1. The van der Waals surface area contributed by atoms with Crippen molar-refractivity contribution >= 4 is 21.9 Å². The van der Waals surface area contributed by atoms with Gasteiger partial charge < -0.3 is 0 Å². The molecule has 0 heterocycles. The Balaban J connectivity index is 2.49. The van der Waals surface area contributed by atoms with Gasteiger partial charge in [-0.3, -0.25) is 4.89 Å². The summed E-state index contributed by atoms with van der Waals surface area (Å²) in [5.74, 6) is -0.446. The van der Waals surface area contributed by atoms with Crippen molar-refractivity contribution < 1.29 is 14.6 Å². The quantitative estimate of drug-likeness (QED) is 0.400. The Labute approximate surface area is 123 Å². The third kappa shape index (κ3) is 5.74. The number of carbonyl (C=O) groups is 1. The SMILES string of the molecule is CCCCC(OOC(=O)c1ccccc1)C(Br)CC. The summed E-state index contributed by atoms with van der Waals surface area (Å²) in [4.78, 5) is 22.2. The molecule has 0 fully saturated rings. The van der Waals surface area contributed by atoms with Crippen LogP contribution in [0.25, 0.3) is 0 Å². The first-order valence-corrected chi connectivity index (χ1v) is 7.67. The van der Waals surface area contributed by atoms with Gasteiger partial charge in [-0.25, -0.2) is 4.79 Å². The normalized spacial score (nSPS) is 13.8. The van der Waals surface area contributed by atoms with Crippen LogP contribution in [0.3, 0.4) is 0 Å². The number of hydrogen-bond donors (Lipinski definition) is 0. The van der Waals surface area contributed by atoms with E-state index in [0.717, 1.165) is 25.7 Å². The molecule has 0 radical (unpaired) electrons. The van der Waals surface area contributed by atoms with Crippen molar-refractivity contribution in [1.29, 1.82) is 0 Å². The molecule has 0 aliphatic heterocycles. The molecule has 0 aromatic heterocycles. The fourth-order valence-corrected chi connectivity index (χ4v) is 2.04. The maximum Gasteiger partial charge on any atom is 0.373 e. The summed E-state index contributed by atoms with van der Waals surface area (Å²) in [5, 5.41) is 0. The van der Waals surface area contributed by atoms with E-state index in [1.54, 1.807) is 24.3 Å². The molecule has 2 atom stereocenters. The van der Waals surface area contributed by atoms with Crippen LogP contribution < -0.4 is 0 Å². The molecular formula is C15H21BrO3. The summed E-state index contributed by atoms with van der Waals surface area (Å²) in [5.41, 5.74) is 0.499. The fraction of sp³-hybridized carbons (Fsp3) is 0.533. The average molecular weight is 329 g/mol. The molecule has 0 aliphatic rings. The maximum atomic E-state index is 11.8. The predicted molar refractivity (Wildman–Crippen MR) is 79.3 cm³/mol. The topological polar surface area (TPSA) is 35.5 Å². The summed E-state index contributed by atoms with van der Waals surface area (Å²) in [6.45, 7) is 4.20. The van der Waals surface area contributed by atoms with Crippen LogP contribution in [-0.2, 0) is 9.78 Å². The molecule has 0 amide bonds. The number of unbranched alkanes of at least 4 members (excludes halogenated alkanes) is 1. The van der Waals surface area contributed by atoms with E-state index in [1.807, 2.05) is 6.07 Å². The molecule has 0 saturated carbocycles. The van der Waals surface area contributed by atoms with Gasteiger partial charge in [-0.15, -0.1) is 0 Å². The van der Waals surface area contributed by atoms with E-state index < -0.39 is 5.97 Å². The predicted octanol–water partition coefficient (Wildman–Crippen LogP) is 4.51. The first-order chi connectivity index (χ1) is 9.19. The molecule has 1 aromatic carbocycles. The van der Waals surface area contributed by atoms with Crippen molar-refractivity contribution in [1.82, 2.24) is 0 Å². The molecule has 0 N–H and O–H groups in total. The maximum absolute atomic E-state index is 11.8. The Morgan fingerprint density at radius 1 is 1.26 bits per heavy atom. The number of halogens is 1. The molecule has 0 spiro atoms. The monoisotopic (exact) mass is 328 g/mol. The molecule has 2 unspecified atom stereocenters. The number of hydrogen-bond acceptors (Lipinski definition) is 3. The lowest BCUT2D eigenvalue weighted by Crippen LogP contribution is -2.25. The Bertz CT molecular complexity index is 367. The van der Waals surface area contributed by atoms with Crippen LogP contribution in [0.2, 0.25) is 0 Å². The molecule has 1 aromatic rings. The van der Waals surface area contributed by atoms with Crippen molar-refractivity contribution in [2.45, 2.75) is 50.5 Å². The number of carbonyl (C=O) groups excluding carboxylic acids is 1. The van der Waals surface area contributed by atoms with E-state index >= 15 is 0 Å². The summed E-state index contributed by atoms with van der Waals surface area (Å²) >= 11 is 3.56. The minimum Gasteiger partial charge on any atom is -0.293 e.